The zero-order valence-electron chi connectivity index (χ0n) is 7.86. The minimum Gasteiger partial charge on any atom is -0.506 e. The van der Waals surface area contributed by atoms with Gasteiger partial charge in [0.1, 0.15) is 17.2 Å². The summed E-state index contributed by atoms with van der Waals surface area (Å²) < 4.78 is 0. The topological polar surface area (TPSA) is 67.3 Å². The molecule has 0 bridgehead atoms. The number of Topliss-reactive ketones (excluding diaryl/α,β-unsaturated/α-hetero) is 2. The Labute approximate surface area is 81.6 Å². The Morgan fingerprint density at radius 1 is 1.43 bits per heavy atom. The van der Waals surface area contributed by atoms with Crippen molar-refractivity contribution in [2.45, 2.75) is 19.8 Å². The van der Waals surface area contributed by atoms with Gasteiger partial charge in [0.15, 0.2) is 5.78 Å². The second-order valence-corrected chi connectivity index (χ2v) is 3.00. The summed E-state index contributed by atoms with van der Waals surface area (Å²) in [6.07, 6.45) is 1.72. The van der Waals surface area contributed by atoms with E-state index in [0.717, 1.165) is 0 Å². The molecule has 0 fully saturated rings. The summed E-state index contributed by atoms with van der Waals surface area (Å²) in [6.45, 7) is 1.42. The van der Waals surface area contributed by atoms with Crippen LogP contribution in [0.5, 0.6) is 5.75 Å². The molecule has 14 heavy (non-hydrogen) atoms. The van der Waals surface area contributed by atoms with Crippen molar-refractivity contribution in [2.75, 3.05) is 0 Å². The first kappa shape index (κ1) is 10.4. The standard InChI is InChI=1S/C10H11NO3/c1-7(12)4-5-9(14)10-8(13)3-2-6-11-10/h2-3,6,13H,4-5H2,1H3. The van der Waals surface area contributed by atoms with Crippen LogP contribution in [0.1, 0.15) is 30.3 Å². The number of carbonyl (C=O) groups is 2. The Hall–Kier alpha value is -1.71. The van der Waals surface area contributed by atoms with Gasteiger partial charge in [0.2, 0.25) is 0 Å². The molecular formula is C10H11NO3. The maximum atomic E-state index is 11.4. The summed E-state index contributed by atoms with van der Waals surface area (Å²) in [5, 5.41) is 9.28. The Bertz CT molecular complexity index is 360. The predicted octanol–water partition coefficient (Wildman–Crippen LogP) is 1.34. The number of ketones is 2. The van der Waals surface area contributed by atoms with Crippen molar-refractivity contribution < 1.29 is 14.7 Å². The van der Waals surface area contributed by atoms with Gasteiger partial charge in [-0.15, -0.1) is 0 Å². The van der Waals surface area contributed by atoms with Crippen molar-refractivity contribution in [3.05, 3.63) is 24.0 Å². The molecule has 0 aliphatic rings. The lowest BCUT2D eigenvalue weighted by Crippen LogP contribution is -2.04. The van der Waals surface area contributed by atoms with Gasteiger partial charge < -0.3 is 9.90 Å². The quantitative estimate of drug-likeness (QED) is 0.732. The van der Waals surface area contributed by atoms with E-state index in [9.17, 15) is 14.7 Å². The molecule has 1 N–H and O–H groups in total. The van der Waals surface area contributed by atoms with Crippen molar-refractivity contribution in [1.29, 1.82) is 0 Å². The van der Waals surface area contributed by atoms with Gasteiger partial charge in [0.05, 0.1) is 0 Å². The van der Waals surface area contributed by atoms with E-state index in [4.69, 9.17) is 0 Å². The molecule has 0 unspecified atom stereocenters. The second kappa shape index (κ2) is 4.50. The molecule has 1 heterocycles. The molecule has 4 heteroatoms. The minimum absolute atomic E-state index is 0.0359. The zero-order valence-corrected chi connectivity index (χ0v) is 7.86. The molecule has 0 saturated heterocycles. The van der Waals surface area contributed by atoms with Crippen LogP contribution in [-0.2, 0) is 4.79 Å². The number of hydrogen-bond acceptors (Lipinski definition) is 4. The molecule has 0 spiro atoms. The first-order chi connectivity index (χ1) is 6.61. The van der Waals surface area contributed by atoms with Gasteiger partial charge >= 0.3 is 0 Å². The first-order valence-corrected chi connectivity index (χ1v) is 4.28. The highest BCUT2D eigenvalue weighted by Crippen LogP contribution is 2.15. The lowest BCUT2D eigenvalue weighted by Gasteiger charge is -2.00. The van der Waals surface area contributed by atoms with Crippen molar-refractivity contribution in [3.8, 4) is 5.75 Å². The fourth-order valence-corrected chi connectivity index (χ4v) is 1.02. The van der Waals surface area contributed by atoms with E-state index >= 15 is 0 Å². The minimum atomic E-state index is -0.307. The van der Waals surface area contributed by atoms with Crippen molar-refractivity contribution in [3.63, 3.8) is 0 Å². The highest BCUT2D eigenvalue weighted by Gasteiger charge is 2.12. The maximum Gasteiger partial charge on any atom is 0.185 e. The summed E-state index contributed by atoms with van der Waals surface area (Å²) in [6, 6.07) is 2.94. The number of pyridine rings is 1. The number of nitrogens with zero attached hydrogens (tertiary/aromatic N) is 1. The second-order valence-electron chi connectivity index (χ2n) is 3.00. The van der Waals surface area contributed by atoms with E-state index in [-0.39, 0.29) is 35.9 Å². The largest absolute Gasteiger partial charge is 0.506 e. The molecule has 1 rings (SSSR count). The average molecular weight is 193 g/mol. The third kappa shape index (κ3) is 2.65. The number of aromatic hydroxyl groups is 1. The van der Waals surface area contributed by atoms with Crippen LogP contribution >= 0.6 is 0 Å². The Balaban J connectivity index is 2.70. The van der Waals surface area contributed by atoms with Crippen LogP contribution in [0.4, 0.5) is 0 Å². The summed E-state index contributed by atoms with van der Waals surface area (Å²) in [5.74, 6) is -0.492. The summed E-state index contributed by atoms with van der Waals surface area (Å²) >= 11 is 0. The lowest BCUT2D eigenvalue weighted by molar-refractivity contribution is -0.116. The van der Waals surface area contributed by atoms with Gasteiger partial charge in [-0.25, -0.2) is 4.98 Å². The van der Waals surface area contributed by atoms with Gasteiger partial charge in [-0.1, -0.05) is 0 Å². The van der Waals surface area contributed by atoms with Gasteiger partial charge in [-0.2, -0.15) is 0 Å². The lowest BCUT2D eigenvalue weighted by atomic mass is 10.1. The van der Waals surface area contributed by atoms with Crippen molar-refractivity contribution in [1.82, 2.24) is 4.98 Å². The number of carbonyl (C=O) groups excluding carboxylic acids is 2. The molecule has 0 aliphatic heterocycles. The van der Waals surface area contributed by atoms with Crippen molar-refractivity contribution >= 4 is 11.6 Å². The molecule has 1 aromatic heterocycles. The van der Waals surface area contributed by atoms with Gasteiger partial charge in [-0.05, 0) is 19.1 Å². The Kier molecular flexibility index (Phi) is 3.34. The summed E-state index contributed by atoms with van der Waals surface area (Å²) in [5.41, 5.74) is 0.0359. The molecule has 1 aromatic rings. The van der Waals surface area contributed by atoms with Crippen LogP contribution in [0.3, 0.4) is 0 Å². The van der Waals surface area contributed by atoms with Crippen LogP contribution in [-0.4, -0.2) is 21.7 Å². The van der Waals surface area contributed by atoms with Crippen LogP contribution < -0.4 is 0 Å². The van der Waals surface area contributed by atoms with E-state index in [2.05, 4.69) is 4.98 Å². The summed E-state index contributed by atoms with van der Waals surface area (Å²) in [7, 11) is 0. The van der Waals surface area contributed by atoms with Crippen molar-refractivity contribution in [2.24, 2.45) is 0 Å². The predicted molar refractivity (Wildman–Crippen MR) is 50.1 cm³/mol. The number of hydrogen-bond donors (Lipinski definition) is 1. The monoisotopic (exact) mass is 193 g/mol. The van der Waals surface area contributed by atoms with E-state index in [0.29, 0.717) is 0 Å². The van der Waals surface area contributed by atoms with Crippen LogP contribution in [0, 0.1) is 0 Å². The van der Waals surface area contributed by atoms with Gasteiger partial charge in [-0.3, -0.25) is 4.79 Å². The molecule has 0 atom stereocenters. The molecule has 74 valence electrons. The smallest absolute Gasteiger partial charge is 0.185 e. The van der Waals surface area contributed by atoms with Crippen LogP contribution in [0.2, 0.25) is 0 Å². The Morgan fingerprint density at radius 2 is 2.14 bits per heavy atom. The van der Waals surface area contributed by atoms with E-state index < -0.39 is 0 Å². The fourth-order valence-electron chi connectivity index (χ4n) is 1.02. The summed E-state index contributed by atoms with van der Waals surface area (Å²) in [4.78, 5) is 25.8. The molecule has 0 aliphatic carbocycles. The third-order valence-electron chi connectivity index (χ3n) is 1.75. The molecular weight excluding hydrogens is 182 g/mol. The SMILES string of the molecule is CC(=O)CCC(=O)c1ncccc1O. The zero-order chi connectivity index (χ0) is 10.6. The Morgan fingerprint density at radius 3 is 2.71 bits per heavy atom. The molecule has 0 radical (unpaired) electrons. The highest BCUT2D eigenvalue weighted by atomic mass is 16.3. The van der Waals surface area contributed by atoms with Crippen LogP contribution in [0.15, 0.2) is 18.3 Å². The van der Waals surface area contributed by atoms with Crippen LogP contribution in [0.25, 0.3) is 0 Å². The molecule has 0 aromatic carbocycles. The van der Waals surface area contributed by atoms with Gasteiger partial charge in [0.25, 0.3) is 0 Å². The van der Waals surface area contributed by atoms with Gasteiger partial charge in [0, 0.05) is 19.0 Å². The van der Waals surface area contributed by atoms with E-state index in [1.807, 2.05) is 0 Å². The first-order valence-electron chi connectivity index (χ1n) is 4.28. The molecule has 4 nitrogen and oxygen atoms in total. The van der Waals surface area contributed by atoms with E-state index in [1.54, 1.807) is 0 Å². The fraction of sp³-hybridized carbons (Fsp3) is 0.300. The third-order valence-corrected chi connectivity index (χ3v) is 1.75. The molecule has 0 saturated carbocycles. The number of rotatable bonds is 4. The average Bonchev–Trinajstić information content (AvgIpc) is 2.15. The molecule has 0 amide bonds. The number of aromatic nitrogens is 1. The van der Waals surface area contributed by atoms with E-state index in [1.165, 1.54) is 25.3 Å². The normalized spacial score (nSPS) is 9.79. The maximum absolute atomic E-state index is 11.4. The highest BCUT2D eigenvalue weighted by molar-refractivity contribution is 5.98.